The Balaban J connectivity index is 2.08. The topological polar surface area (TPSA) is 9.23 Å². The third-order valence-corrected chi connectivity index (χ3v) is 10.7. The number of allylic oxidation sites excluding steroid dienone is 1. The van der Waals surface area contributed by atoms with Crippen LogP contribution in [0.4, 0.5) is 0 Å². The lowest BCUT2D eigenvalue weighted by Crippen LogP contribution is -2.48. The van der Waals surface area contributed by atoms with Crippen molar-refractivity contribution >= 4 is 20.1 Å². The minimum atomic E-state index is -1.60. The van der Waals surface area contributed by atoms with Gasteiger partial charge in [-0.2, -0.15) is 0 Å². The lowest BCUT2D eigenvalue weighted by atomic mass is 10.0. The van der Waals surface area contributed by atoms with Crippen molar-refractivity contribution in [1.29, 1.82) is 0 Å². The van der Waals surface area contributed by atoms with Crippen molar-refractivity contribution in [1.82, 2.24) is 0 Å². The highest BCUT2D eigenvalue weighted by atomic mass is 32.2. The average molecular weight is 271 g/mol. The van der Waals surface area contributed by atoms with E-state index in [1.165, 1.54) is 25.7 Å². The summed E-state index contributed by atoms with van der Waals surface area (Å²) in [5.74, 6) is 0. The van der Waals surface area contributed by atoms with Gasteiger partial charge in [0.05, 0.1) is 6.10 Å². The first-order chi connectivity index (χ1) is 7.77. The summed E-state index contributed by atoms with van der Waals surface area (Å²) in [6, 6.07) is 0. The second kappa shape index (κ2) is 4.43. The zero-order valence-corrected chi connectivity index (χ0v) is 13.7. The Bertz CT molecular complexity index is 309. The van der Waals surface area contributed by atoms with Crippen molar-refractivity contribution in [2.75, 3.05) is 0 Å². The molecule has 0 radical (unpaired) electrons. The summed E-state index contributed by atoms with van der Waals surface area (Å²) in [6.07, 6.45) is 7.98. The van der Waals surface area contributed by atoms with Gasteiger partial charge in [-0.3, -0.25) is 0 Å². The fourth-order valence-electron chi connectivity index (χ4n) is 2.56. The maximum atomic E-state index is 6.68. The zero-order valence-electron chi connectivity index (χ0n) is 11.9. The van der Waals surface area contributed by atoms with Gasteiger partial charge in [0.1, 0.15) is 0 Å². The van der Waals surface area contributed by atoms with Gasteiger partial charge in [0.15, 0.2) is 8.32 Å². The molecular weight excluding hydrogens is 244 g/mol. The summed E-state index contributed by atoms with van der Waals surface area (Å²) >= 11 is 2.03. The Morgan fingerprint density at radius 1 is 1.35 bits per heavy atom. The second-order valence-electron chi connectivity index (χ2n) is 7.02. The van der Waals surface area contributed by atoms with Crippen molar-refractivity contribution in [2.45, 2.75) is 75.4 Å². The van der Waals surface area contributed by atoms with Gasteiger partial charge >= 0.3 is 0 Å². The van der Waals surface area contributed by atoms with Crippen LogP contribution in [0.2, 0.25) is 18.1 Å². The predicted octanol–water partition coefficient (Wildman–Crippen LogP) is 4.95. The third kappa shape index (κ3) is 2.52. The molecule has 17 heavy (non-hydrogen) atoms. The van der Waals surface area contributed by atoms with Crippen LogP contribution >= 0.6 is 11.8 Å². The van der Waals surface area contributed by atoms with Gasteiger partial charge in [-0.25, -0.2) is 0 Å². The van der Waals surface area contributed by atoms with E-state index < -0.39 is 8.32 Å². The molecule has 2 aliphatic rings. The fourth-order valence-corrected chi connectivity index (χ4v) is 5.29. The molecule has 3 heteroatoms. The van der Waals surface area contributed by atoms with E-state index in [-0.39, 0.29) is 0 Å². The van der Waals surface area contributed by atoms with Gasteiger partial charge in [-0.1, -0.05) is 26.8 Å². The summed E-state index contributed by atoms with van der Waals surface area (Å²) in [7, 11) is -1.60. The number of hydrogen-bond acceptors (Lipinski definition) is 2. The minimum Gasteiger partial charge on any atom is -0.413 e. The van der Waals surface area contributed by atoms with Crippen LogP contribution in [0.1, 0.15) is 46.5 Å². The van der Waals surface area contributed by atoms with E-state index in [0.29, 0.717) is 15.9 Å². The molecule has 0 unspecified atom stereocenters. The van der Waals surface area contributed by atoms with Crippen molar-refractivity contribution in [2.24, 2.45) is 0 Å². The van der Waals surface area contributed by atoms with E-state index in [0.717, 1.165) is 0 Å². The molecule has 0 bridgehead atoms. The first-order valence-corrected chi connectivity index (χ1v) is 10.6. The predicted molar refractivity (Wildman–Crippen MR) is 80.0 cm³/mol. The molecule has 1 aliphatic heterocycles. The summed E-state index contributed by atoms with van der Waals surface area (Å²) in [6.45, 7) is 11.8. The van der Waals surface area contributed by atoms with E-state index in [9.17, 15) is 0 Å². The van der Waals surface area contributed by atoms with E-state index in [4.69, 9.17) is 4.43 Å². The first-order valence-electron chi connectivity index (χ1n) is 6.78. The Labute approximate surface area is 112 Å². The van der Waals surface area contributed by atoms with E-state index in [1.807, 2.05) is 11.8 Å². The number of thioether (sulfide) groups is 1. The molecule has 1 saturated carbocycles. The first kappa shape index (κ1) is 13.7. The molecule has 0 amide bonds. The molecule has 98 valence electrons. The summed E-state index contributed by atoms with van der Waals surface area (Å²) in [5, 5.41) is 2.61. The molecule has 0 saturated heterocycles. The molecular formula is C14H26OSSi. The molecule has 1 aliphatic carbocycles. The van der Waals surface area contributed by atoms with Gasteiger partial charge in [-0.05, 0) is 49.2 Å². The van der Waals surface area contributed by atoms with Crippen molar-refractivity contribution in [3.05, 3.63) is 11.5 Å². The highest BCUT2D eigenvalue weighted by molar-refractivity contribution is 8.03. The summed E-state index contributed by atoms with van der Waals surface area (Å²) in [4.78, 5) is 0. The standard InChI is InChI=1S/C14H26OSSi/c1-13(2,3)17(4,5)15-12-8-6-9-14(12)10-7-11-16-14/h7,11-12H,6,8-10H2,1-5H3/t12-,14+/m1/s1. The Hall–Kier alpha value is 0.267. The lowest BCUT2D eigenvalue weighted by Gasteiger charge is -2.42. The molecule has 1 nitrogen and oxygen atoms in total. The monoisotopic (exact) mass is 270 g/mol. The number of rotatable bonds is 2. The lowest BCUT2D eigenvalue weighted by molar-refractivity contribution is 0.159. The van der Waals surface area contributed by atoms with E-state index in [1.54, 1.807) is 0 Å². The molecule has 1 spiro atoms. The van der Waals surface area contributed by atoms with Crippen LogP contribution < -0.4 is 0 Å². The van der Waals surface area contributed by atoms with Gasteiger partial charge in [-0.15, -0.1) is 11.8 Å². The van der Waals surface area contributed by atoms with Crippen molar-refractivity contribution in [3.8, 4) is 0 Å². The Morgan fingerprint density at radius 3 is 2.59 bits per heavy atom. The third-order valence-electron chi connectivity index (χ3n) is 4.76. The average Bonchev–Trinajstić information content (AvgIpc) is 2.77. The zero-order chi connectivity index (χ0) is 12.7. The van der Waals surface area contributed by atoms with Crippen LogP contribution in [0.5, 0.6) is 0 Å². The van der Waals surface area contributed by atoms with Crippen LogP contribution in [0.15, 0.2) is 11.5 Å². The SMILES string of the molecule is CC(C)(C)[Si](C)(C)O[C@@H]1CCC[C@]12CC=CS2. The van der Waals surface area contributed by atoms with Crippen LogP contribution in [0, 0.1) is 0 Å². The van der Waals surface area contributed by atoms with Crippen molar-refractivity contribution < 1.29 is 4.43 Å². The smallest absolute Gasteiger partial charge is 0.192 e. The van der Waals surface area contributed by atoms with Crippen LogP contribution in [-0.2, 0) is 4.43 Å². The fraction of sp³-hybridized carbons (Fsp3) is 0.857. The summed E-state index contributed by atoms with van der Waals surface area (Å²) < 4.78 is 7.08. The minimum absolute atomic E-state index is 0.327. The van der Waals surface area contributed by atoms with Gasteiger partial charge in [0.25, 0.3) is 0 Å². The largest absolute Gasteiger partial charge is 0.413 e. The Kier molecular flexibility index (Phi) is 3.57. The quantitative estimate of drug-likeness (QED) is 0.657. The van der Waals surface area contributed by atoms with Gasteiger partial charge in [0, 0.05) is 4.75 Å². The number of hydrogen-bond donors (Lipinski definition) is 0. The molecule has 1 heterocycles. The molecule has 0 aromatic carbocycles. The van der Waals surface area contributed by atoms with Gasteiger partial charge < -0.3 is 4.43 Å². The maximum absolute atomic E-state index is 6.68. The highest BCUT2D eigenvalue weighted by Crippen LogP contribution is 2.52. The molecule has 1 fully saturated rings. The summed E-state index contributed by atoms with van der Waals surface area (Å²) in [5.41, 5.74) is 0. The van der Waals surface area contributed by atoms with Crippen LogP contribution in [-0.4, -0.2) is 19.2 Å². The van der Waals surface area contributed by atoms with E-state index >= 15 is 0 Å². The van der Waals surface area contributed by atoms with Crippen LogP contribution in [0.3, 0.4) is 0 Å². The van der Waals surface area contributed by atoms with Crippen molar-refractivity contribution in [3.63, 3.8) is 0 Å². The highest BCUT2D eigenvalue weighted by Gasteiger charge is 2.49. The van der Waals surface area contributed by atoms with Gasteiger partial charge in [0.2, 0.25) is 0 Å². The molecule has 2 rings (SSSR count). The van der Waals surface area contributed by atoms with E-state index in [2.05, 4.69) is 45.3 Å². The maximum Gasteiger partial charge on any atom is 0.192 e. The molecule has 2 atom stereocenters. The van der Waals surface area contributed by atoms with Crippen LogP contribution in [0.25, 0.3) is 0 Å². The molecule has 0 aromatic rings. The Morgan fingerprint density at radius 2 is 2.06 bits per heavy atom. The normalized spacial score (nSPS) is 33.8. The molecule has 0 aromatic heterocycles. The molecule has 0 N–H and O–H groups in total. The second-order valence-corrected chi connectivity index (χ2v) is 13.1.